The minimum absolute atomic E-state index is 0.0819. The van der Waals surface area contributed by atoms with E-state index < -0.39 is 11.9 Å². The first kappa shape index (κ1) is 25.6. The molecule has 32 heavy (non-hydrogen) atoms. The van der Waals surface area contributed by atoms with Gasteiger partial charge < -0.3 is 14.0 Å². The molecule has 6 nitrogen and oxygen atoms in total. The Hall–Kier alpha value is -2.63. The number of carbonyl (C=O) groups is 3. The third-order valence-corrected chi connectivity index (χ3v) is 5.69. The lowest BCUT2D eigenvalue weighted by molar-refractivity contribution is -0.131. The number of unbranched alkanes of at least 4 members (excludes halogenated alkanes) is 8. The Kier molecular flexibility index (Phi) is 10.4. The van der Waals surface area contributed by atoms with Crippen LogP contribution in [-0.4, -0.2) is 28.9 Å². The van der Waals surface area contributed by atoms with E-state index in [0.717, 1.165) is 24.8 Å². The second-order valence-electron chi connectivity index (χ2n) is 8.28. The summed E-state index contributed by atoms with van der Waals surface area (Å²) >= 11 is 0. The molecule has 0 aliphatic rings. The predicted molar refractivity (Wildman–Crippen MR) is 126 cm³/mol. The summed E-state index contributed by atoms with van der Waals surface area (Å²) in [6.45, 7) is 5.51. The molecule has 176 valence electrons. The number of Topliss-reactive ketones (excluding diaryl/α,β-unsaturated/α-hetero) is 1. The van der Waals surface area contributed by atoms with E-state index >= 15 is 0 Å². The van der Waals surface area contributed by atoms with Crippen molar-refractivity contribution in [3.05, 3.63) is 29.5 Å². The zero-order valence-corrected chi connectivity index (χ0v) is 20.0. The van der Waals surface area contributed by atoms with Gasteiger partial charge in [-0.2, -0.15) is 0 Å². The molecule has 0 radical (unpaired) electrons. The van der Waals surface area contributed by atoms with Crippen LogP contribution in [0.2, 0.25) is 0 Å². The molecule has 2 rings (SSSR count). The van der Waals surface area contributed by atoms with Crippen LogP contribution in [0.3, 0.4) is 0 Å². The highest BCUT2D eigenvalue weighted by Crippen LogP contribution is 2.31. The van der Waals surface area contributed by atoms with Gasteiger partial charge in [-0.15, -0.1) is 0 Å². The molecule has 0 atom stereocenters. The van der Waals surface area contributed by atoms with E-state index in [-0.39, 0.29) is 18.1 Å². The zero-order chi connectivity index (χ0) is 23.5. The lowest BCUT2D eigenvalue weighted by atomic mass is 10.00. The number of hydrogen-bond acceptors (Lipinski definition) is 5. The monoisotopic (exact) mass is 443 g/mol. The molecule has 0 amide bonds. The topological polar surface area (TPSA) is 74.6 Å². The minimum atomic E-state index is -0.518. The molecule has 0 aliphatic carbocycles. The molecule has 0 bridgehead atoms. The number of hydrogen-bond donors (Lipinski definition) is 0. The van der Waals surface area contributed by atoms with Crippen molar-refractivity contribution in [2.24, 2.45) is 7.05 Å². The standard InChI is InChI=1S/C26H37NO5/c1-5-7-8-9-10-11-12-13-14-15-23(29)24-21-18-20(32-19(3)28)16-17-22(21)27(4)25(24)26(30)31-6-2/h16-18H,5-15H2,1-4H3. The van der Waals surface area contributed by atoms with Gasteiger partial charge in [0.15, 0.2) is 5.78 Å². The third-order valence-electron chi connectivity index (χ3n) is 5.69. The van der Waals surface area contributed by atoms with Crippen molar-refractivity contribution in [2.45, 2.75) is 85.0 Å². The van der Waals surface area contributed by atoms with Crippen LogP contribution < -0.4 is 4.74 Å². The first-order valence-electron chi connectivity index (χ1n) is 11.9. The van der Waals surface area contributed by atoms with Crippen LogP contribution in [-0.2, 0) is 16.6 Å². The Bertz CT molecular complexity index is 928. The number of aryl methyl sites for hydroxylation is 1. The van der Waals surface area contributed by atoms with Gasteiger partial charge in [-0.3, -0.25) is 9.59 Å². The molecule has 0 aliphatic heterocycles. The molecule has 0 saturated carbocycles. The van der Waals surface area contributed by atoms with Gasteiger partial charge in [0.25, 0.3) is 0 Å². The number of esters is 2. The summed E-state index contributed by atoms with van der Waals surface area (Å²) in [5.74, 6) is -0.686. The van der Waals surface area contributed by atoms with Crippen LogP contribution >= 0.6 is 0 Å². The van der Waals surface area contributed by atoms with Gasteiger partial charge in [0.2, 0.25) is 0 Å². The average Bonchev–Trinajstić information content (AvgIpc) is 3.04. The van der Waals surface area contributed by atoms with E-state index in [1.165, 1.54) is 45.4 Å². The maximum Gasteiger partial charge on any atom is 0.355 e. The van der Waals surface area contributed by atoms with E-state index in [9.17, 15) is 14.4 Å². The fourth-order valence-electron chi connectivity index (χ4n) is 4.09. The van der Waals surface area contributed by atoms with Gasteiger partial charge in [-0.05, 0) is 31.5 Å². The summed E-state index contributed by atoms with van der Waals surface area (Å²) in [7, 11) is 1.75. The number of aromatic nitrogens is 1. The molecule has 6 heteroatoms. The normalized spacial score (nSPS) is 11.0. The largest absolute Gasteiger partial charge is 0.461 e. The van der Waals surface area contributed by atoms with E-state index in [2.05, 4.69) is 6.92 Å². The van der Waals surface area contributed by atoms with Crippen LogP contribution in [0, 0.1) is 0 Å². The summed E-state index contributed by atoms with van der Waals surface area (Å²) in [4.78, 5) is 37.2. The van der Waals surface area contributed by atoms with E-state index in [0.29, 0.717) is 23.1 Å². The predicted octanol–water partition coefficient (Wildman–Crippen LogP) is 6.38. The second kappa shape index (κ2) is 13.0. The number of nitrogens with zero attached hydrogens (tertiary/aromatic N) is 1. The van der Waals surface area contributed by atoms with Gasteiger partial charge in [0, 0.05) is 31.3 Å². The fourth-order valence-corrected chi connectivity index (χ4v) is 4.09. The molecule has 1 aromatic carbocycles. The lowest BCUT2D eigenvalue weighted by Crippen LogP contribution is -2.14. The molecule has 0 unspecified atom stereocenters. The Morgan fingerprint density at radius 3 is 2.12 bits per heavy atom. The summed E-state index contributed by atoms with van der Waals surface area (Å²) in [6, 6.07) is 5.07. The maximum atomic E-state index is 13.2. The summed E-state index contributed by atoms with van der Waals surface area (Å²) < 4.78 is 12.1. The number of rotatable bonds is 14. The molecule has 2 aromatic rings. The van der Waals surface area contributed by atoms with Crippen molar-refractivity contribution in [1.29, 1.82) is 0 Å². The highest BCUT2D eigenvalue weighted by molar-refractivity contribution is 6.15. The number of benzene rings is 1. The molecule has 0 N–H and O–H groups in total. The minimum Gasteiger partial charge on any atom is -0.461 e. The van der Waals surface area contributed by atoms with Gasteiger partial charge in [0.05, 0.1) is 12.2 Å². The first-order valence-corrected chi connectivity index (χ1v) is 11.9. The van der Waals surface area contributed by atoms with Crippen molar-refractivity contribution in [3.8, 4) is 5.75 Å². The maximum absolute atomic E-state index is 13.2. The molecule has 1 aromatic heterocycles. The summed E-state index contributed by atoms with van der Waals surface area (Å²) in [6.07, 6.45) is 10.9. The second-order valence-corrected chi connectivity index (χ2v) is 8.28. The van der Waals surface area contributed by atoms with Gasteiger partial charge >= 0.3 is 11.9 Å². The quantitative estimate of drug-likeness (QED) is 0.146. The van der Waals surface area contributed by atoms with E-state index in [4.69, 9.17) is 9.47 Å². The van der Waals surface area contributed by atoms with Crippen LogP contribution in [0.25, 0.3) is 10.9 Å². The summed E-state index contributed by atoms with van der Waals surface area (Å²) in [5, 5.41) is 0.607. The van der Waals surface area contributed by atoms with Crippen molar-refractivity contribution >= 4 is 28.6 Å². The van der Waals surface area contributed by atoms with Gasteiger partial charge in [-0.1, -0.05) is 58.3 Å². The van der Waals surface area contributed by atoms with Crippen molar-refractivity contribution < 1.29 is 23.9 Å². The van der Waals surface area contributed by atoms with Crippen LogP contribution in [0.1, 0.15) is 106 Å². The van der Waals surface area contributed by atoms with E-state index in [1.807, 2.05) is 0 Å². The number of ketones is 1. The van der Waals surface area contributed by atoms with Crippen LogP contribution in [0.5, 0.6) is 5.75 Å². The Morgan fingerprint density at radius 2 is 1.53 bits per heavy atom. The van der Waals surface area contributed by atoms with Crippen molar-refractivity contribution in [2.75, 3.05) is 6.61 Å². The Morgan fingerprint density at radius 1 is 0.906 bits per heavy atom. The molecule has 0 saturated heterocycles. The smallest absolute Gasteiger partial charge is 0.355 e. The van der Waals surface area contributed by atoms with Crippen molar-refractivity contribution in [3.63, 3.8) is 0 Å². The molecule has 0 fully saturated rings. The number of carbonyl (C=O) groups excluding carboxylic acids is 3. The van der Waals surface area contributed by atoms with Crippen molar-refractivity contribution in [1.82, 2.24) is 4.57 Å². The SMILES string of the molecule is CCCCCCCCCCCC(=O)c1c(C(=O)OCC)n(C)c2ccc(OC(C)=O)cc12. The highest BCUT2D eigenvalue weighted by atomic mass is 16.5. The molecular formula is C26H37NO5. The van der Waals surface area contributed by atoms with Crippen LogP contribution in [0.4, 0.5) is 0 Å². The zero-order valence-electron chi connectivity index (χ0n) is 20.0. The Labute approximate surface area is 191 Å². The molecular weight excluding hydrogens is 406 g/mol. The first-order chi connectivity index (χ1) is 15.4. The Balaban J connectivity index is 2.14. The lowest BCUT2D eigenvalue weighted by Gasteiger charge is -2.07. The fraction of sp³-hybridized carbons (Fsp3) is 0.577. The van der Waals surface area contributed by atoms with Crippen LogP contribution in [0.15, 0.2) is 18.2 Å². The molecule has 0 spiro atoms. The molecule has 1 heterocycles. The number of ether oxygens (including phenoxy) is 2. The summed E-state index contributed by atoms with van der Waals surface area (Å²) in [5.41, 5.74) is 1.33. The highest BCUT2D eigenvalue weighted by Gasteiger charge is 2.27. The van der Waals surface area contributed by atoms with Gasteiger partial charge in [-0.25, -0.2) is 4.79 Å². The van der Waals surface area contributed by atoms with E-state index in [1.54, 1.807) is 36.7 Å². The number of fused-ring (bicyclic) bond motifs is 1. The van der Waals surface area contributed by atoms with Gasteiger partial charge in [0.1, 0.15) is 11.4 Å². The third kappa shape index (κ3) is 6.94. The average molecular weight is 444 g/mol.